The minimum atomic E-state index is 1.17. The lowest BCUT2D eigenvalue weighted by Gasteiger charge is -2.18. The van der Waals surface area contributed by atoms with Gasteiger partial charge >= 0.3 is 0 Å². The first-order chi connectivity index (χ1) is 32.8. The normalized spacial score (nSPS) is 11.9. The highest BCUT2D eigenvalue weighted by Crippen LogP contribution is 2.49. The lowest BCUT2D eigenvalue weighted by molar-refractivity contribution is 1.18. The van der Waals surface area contributed by atoms with E-state index in [1.807, 2.05) is 11.3 Å². The third-order valence-electron chi connectivity index (χ3n) is 14.0. The van der Waals surface area contributed by atoms with Crippen LogP contribution in [0.3, 0.4) is 0 Å². The van der Waals surface area contributed by atoms with Gasteiger partial charge in [-0.1, -0.05) is 194 Å². The molecule has 0 bridgehead atoms. The molecule has 14 rings (SSSR count). The Morgan fingerprint density at radius 3 is 1.30 bits per heavy atom. The maximum atomic E-state index is 2.45. The Morgan fingerprint density at radius 1 is 0.258 bits per heavy atom. The molecule has 12 aromatic carbocycles. The van der Waals surface area contributed by atoms with Crippen LogP contribution in [0.1, 0.15) is 0 Å². The number of thiophene rings is 1. The average Bonchev–Trinajstić information content (AvgIpc) is 3.93. The summed E-state index contributed by atoms with van der Waals surface area (Å²) >= 11 is 1.89. The van der Waals surface area contributed by atoms with Crippen molar-refractivity contribution in [3.05, 3.63) is 237 Å². The van der Waals surface area contributed by atoms with Crippen molar-refractivity contribution >= 4 is 96.4 Å². The number of benzene rings is 12. The van der Waals surface area contributed by atoms with Gasteiger partial charge in [-0.15, -0.1) is 11.3 Å². The fourth-order valence-corrected chi connectivity index (χ4v) is 12.4. The summed E-state index contributed by atoms with van der Waals surface area (Å²) in [7, 11) is 0. The second-order valence-corrected chi connectivity index (χ2v) is 18.5. The predicted octanol–water partition coefficient (Wildman–Crippen LogP) is 18.4. The monoisotopic (exact) mass is 853 g/mol. The number of nitrogens with zero attached hydrogens (tertiary/aromatic N) is 1. The van der Waals surface area contributed by atoms with Gasteiger partial charge in [-0.2, -0.15) is 0 Å². The summed E-state index contributed by atoms with van der Waals surface area (Å²) < 4.78 is 5.01. The molecule has 0 amide bonds. The Labute approximate surface area is 385 Å². The number of para-hydroxylation sites is 2. The van der Waals surface area contributed by atoms with Gasteiger partial charge in [-0.05, 0) is 130 Å². The first kappa shape index (κ1) is 37.1. The molecule has 0 fully saturated rings. The fraction of sp³-hybridized carbons (Fsp3) is 0. The van der Waals surface area contributed by atoms with Crippen LogP contribution in [0.4, 0.5) is 0 Å². The average molecular weight is 854 g/mol. The summed E-state index contributed by atoms with van der Waals surface area (Å²) in [6, 6.07) is 87.6. The molecule has 2 heterocycles. The van der Waals surface area contributed by atoms with Crippen LogP contribution in [-0.2, 0) is 0 Å². The van der Waals surface area contributed by atoms with Gasteiger partial charge in [-0.25, -0.2) is 0 Å². The molecule has 2 heteroatoms. The quantitative estimate of drug-likeness (QED) is 0.152. The van der Waals surface area contributed by atoms with E-state index in [-0.39, 0.29) is 0 Å². The van der Waals surface area contributed by atoms with E-state index >= 15 is 0 Å². The molecule has 0 spiro atoms. The molecule has 66 heavy (non-hydrogen) atoms. The molecule has 0 unspecified atom stereocenters. The molecule has 0 saturated heterocycles. The molecule has 14 aromatic rings. The Hall–Kier alpha value is -8.30. The van der Waals surface area contributed by atoms with Crippen LogP contribution < -0.4 is 0 Å². The largest absolute Gasteiger partial charge is 0.309 e. The third-order valence-corrected chi connectivity index (χ3v) is 15.1. The predicted molar refractivity (Wildman–Crippen MR) is 285 cm³/mol. The van der Waals surface area contributed by atoms with Crippen LogP contribution in [-0.4, -0.2) is 4.57 Å². The summed E-state index contributed by atoms with van der Waals surface area (Å²) in [5.41, 5.74) is 13.7. The minimum Gasteiger partial charge on any atom is -0.309 e. The number of aromatic nitrogens is 1. The molecule has 0 aliphatic rings. The van der Waals surface area contributed by atoms with Gasteiger partial charge in [0.05, 0.1) is 11.0 Å². The Kier molecular flexibility index (Phi) is 8.22. The molecule has 2 aromatic heterocycles. The zero-order chi connectivity index (χ0) is 43.3. The second kappa shape index (κ2) is 14.6. The highest BCUT2D eigenvalue weighted by atomic mass is 32.1. The van der Waals surface area contributed by atoms with Gasteiger partial charge < -0.3 is 4.57 Å². The molecule has 0 radical (unpaired) electrons. The summed E-state index contributed by atoms with van der Waals surface area (Å²) in [6.45, 7) is 0. The first-order valence-corrected chi connectivity index (χ1v) is 23.6. The smallest absolute Gasteiger partial charge is 0.0547 e. The zero-order valence-corrected chi connectivity index (χ0v) is 36.7. The van der Waals surface area contributed by atoms with E-state index in [4.69, 9.17) is 0 Å². The highest BCUT2D eigenvalue weighted by Gasteiger charge is 2.23. The Morgan fingerprint density at radius 2 is 0.712 bits per heavy atom. The van der Waals surface area contributed by atoms with E-state index < -0.39 is 0 Å². The third kappa shape index (κ3) is 5.46. The summed E-state index contributed by atoms with van der Waals surface area (Å²) in [6.07, 6.45) is 0. The van der Waals surface area contributed by atoms with Crippen LogP contribution >= 0.6 is 11.3 Å². The van der Waals surface area contributed by atoms with Crippen LogP contribution in [0.2, 0.25) is 0 Å². The minimum absolute atomic E-state index is 1.17. The van der Waals surface area contributed by atoms with Crippen LogP contribution in [0.5, 0.6) is 0 Å². The van der Waals surface area contributed by atoms with E-state index in [1.165, 1.54) is 135 Å². The van der Waals surface area contributed by atoms with Crippen LogP contribution in [0, 0.1) is 0 Å². The molecule has 306 valence electrons. The van der Waals surface area contributed by atoms with E-state index in [1.54, 1.807) is 0 Å². The van der Waals surface area contributed by atoms with Crippen molar-refractivity contribution < 1.29 is 0 Å². The number of hydrogen-bond acceptors (Lipinski definition) is 1. The summed E-state index contributed by atoms with van der Waals surface area (Å²) in [4.78, 5) is 0. The molecule has 0 saturated carbocycles. The summed E-state index contributed by atoms with van der Waals surface area (Å²) in [5.74, 6) is 0. The van der Waals surface area contributed by atoms with Crippen molar-refractivity contribution in [2.24, 2.45) is 0 Å². The molecular formula is C64H39NS. The first-order valence-electron chi connectivity index (χ1n) is 22.8. The van der Waals surface area contributed by atoms with Gasteiger partial charge in [0, 0.05) is 36.6 Å². The van der Waals surface area contributed by atoms with Crippen LogP contribution in [0.15, 0.2) is 237 Å². The van der Waals surface area contributed by atoms with Gasteiger partial charge in [-0.3, -0.25) is 0 Å². The Bertz CT molecular complexity index is 4160. The van der Waals surface area contributed by atoms with Gasteiger partial charge in [0.25, 0.3) is 0 Å². The Balaban J connectivity index is 0.968. The number of fused-ring (bicyclic) bond motifs is 10. The molecule has 0 aliphatic heterocycles. The van der Waals surface area contributed by atoms with Gasteiger partial charge in [0.2, 0.25) is 0 Å². The van der Waals surface area contributed by atoms with Crippen molar-refractivity contribution in [3.8, 4) is 50.2 Å². The maximum Gasteiger partial charge on any atom is 0.0547 e. The molecule has 0 aliphatic carbocycles. The molecule has 1 nitrogen and oxygen atoms in total. The zero-order valence-electron chi connectivity index (χ0n) is 35.9. The van der Waals surface area contributed by atoms with E-state index in [0.717, 1.165) is 0 Å². The lowest BCUT2D eigenvalue weighted by Crippen LogP contribution is -1.93. The molecule has 0 N–H and O–H groups in total. The summed E-state index contributed by atoms with van der Waals surface area (Å²) in [5, 5.41) is 15.3. The van der Waals surface area contributed by atoms with E-state index in [9.17, 15) is 0 Å². The van der Waals surface area contributed by atoms with Crippen LogP contribution in [0.25, 0.3) is 135 Å². The van der Waals surface area contributed by atoms with E-state index in [2.05, 4.69) is 241 Å². The molecular weight excluding hydrogens is 815 g/mol. The van der Waals surface area contributed by atoms with Crippen molar-refractivity contribution in [1.29, 1.82) is 0 Å². The van der Waals surface area contributed by atoms with E-state index in [0.29, 0.717) is 0 Å². The van der Waals surface area contributed by atoms with Crippen molar-refractivity contribution in [2.45, 2.75) is 0 Å². The second-order valence-electron chi connectivity index (χ2n) is 17.5. The van der Waals surface area contributed by atoms with Crippen molar-refractivity contribution in [2.75, 3.05) is 0 Å². The SMILES string of the molecule is c1ccc(-c2c3ccccc3c(-c3ccc4sc5cc(-c6c7ccccc7c(-c7cccc8c7c7ccccc7n8-c7ccccc7)c7ccccc67)ccc5c4c3)c3ccccc23)cc1. The van der Waals surface area contributed by atoms with Gasteiger partial charge in [0.1, 0.15) is 0 Å². The highest BCUT2D eigenvalue weighted by molar-refractivity contribution is 7.25. The topological polar surface area (TPSA) is 4.93 Å². The number of hydrogen-bond donors (Lipinski definition) is 0. The maximum absolute atomic E-state index is 2.45. The standard InChI is InChI=1S/C64H39NS/c1-3-18-40(19-4-1)60-45-22-7-9-24-47(45)61(48-25-10-8-23-46(48)60)41-35-37-58-55(38-41)44-36-34-42(39-59(44)66-58)62-49-26-11-13-28-51(49)63(52-29-14-12-27-50(52)62)54-31-17-33-57-64(54)53-30-15-16-32-56(53)65(57)43-20-5-2-6-21-43/h1-39H. The van der Waals surface area contributed by atoms with Gasteiger partial charge in [0.15, 0.2) is 0 Å². The molecule has 0 atom stereocenters. The van der Waals surface area contributed by atoms with Crippen molar-refractivity contribution in [3.63, 3.8) is 0 Å². The number of rotatable bonds is 5. The fourth-order valence-electron chi connectivity index (χ4n) is 11.3. The van der Waals surface area contributed by atoms with Crippen molar-refractivity contribution in [1.82, 2.24) is 4.57 Å². The lowest BCUT2D eigenvalue weighted by atomic mass is 9.84.